The maximum atomic E-state index is 12.3. The van der Waals surface area contributed by atoms with Crippen LogP contribution in [0.1, 0.15) is 44.9 Å². The van der Waals surface area contributed by atoms with Gasteiger partial charge in [-0.3, -0.25) is 4.79 Å². The van der Waals surface area contributed by atoms with Crippen LogP contribution in [0.4, 0.5) is 0 Å². The van der Waals surface area contributed by atoms with Crippen LogP contribution in [0.3, 0.4) is 0 Å². The molecular weight excluding hydrogens is 250 g/mol. The van der Waals surface area contributed by atoms with Crippen molar-refractivity contribution in [2.45, 2.75) is 51.0 Å². The van der Waals surface area contributed by atoms with Crippen molar-refractivity contribution in [1.82, 2.24) is 9.80 Å². The van der Waals surface area contributed by atoms with E-state index in [1.165, 1.54) is 38.8 Å². The molecule has 1 aliphatic carbocycles. The summed E-state index contributed by atoms with van der Waals surface area (Å²) in [6, 6.07) is 0.320. The van der Waals surface area contributed by atoms with Crippen LogP contribution in [0.5, 0.6) is 0 Å². The lowest BCUT2D eigenvalue weighted by molar-refractivity contribution is -0.131. The first kappa shape index (κ1) is 15.8. The third kappa shape index (κ3) is 4.74. The van der Waals surface area contributed by atoms with Crippen molar-refractivity contribution in [2.75, 3.05) is 33.7 Å². The molecule has 2 rings (SSSR count). The van der Waals surface area contributed by atoms with Gasteiger partial charge in [0.2, 0.25) is 5.91 Å². The average molecular weight is 281 g/mol. The summed E-state index contributed by atoms with van der Waals surface area (Å²) < 4.78 is 0. The molecule has 4 heteroatoms. The maximum absolute atomic E-state index is 12.3. The van der Waals surface area contributed by atoms with Crippen LogP contribution < -0.4 is 5.73 Å². The van der Waals surface area contributed by atoms with Gasteiger partial charge in [-0.05, 0) is 64.1 Å². The Morgan fingerprint density at radius 2 is 1.90 bits per heavy atom. The maximum Gasteiger partial charge on any atom is 0.222 e. The van der Waals surface area contributed by atoms with Crippen molar-refractivity contribution in [1.29, 1.82) is 0 Å². The van der Waals surface area contributed by atoms with Crippen LogP contribution >= 0.6 is 0 Å². The molecule has 2 aliphatic rings. The van der Waals surface area contributed by atoms with Gasteiger partial charge in [0, 0.05) is 26.1 Å². The monoisotopic (exact) mass is 281 g/mol. The van der Waals surface area contributed by atoms with Crippen LogP contribution in [-0.4, -0.2) is 55.5 Å². The second-order valence-corrected chi connectivity index (χ2v) is 7.02. The Bertz CT molecular complexity index is 313. The van der Waals surface area contributed by atoms with Crippen molar-refractivity contribution in [3.05, 3.63) is 0 Å². The molecule has 0 aromatic heterocycles. The summed E-state index contributed by atoms with van der Waals surface area (Å²) in [5.74, 6) is 1.53. The van der Waals surface area contributed by atoms with Gasteiger partial charge in [-0.15, -0.1) is 0 Å². The summed E-state index contributed by atoms with van der Waals surface area (Å²) in [4.78, 5) is 16.7. The highest BCUT2D eigenvalue weighted by molar-refractivity contribution is 5.76. The summed E-state index contributed by atoms with van der Waals surface area (Å²) in [6.45, 7) is 3.28. The van der Waals surface area contributed by atoms with E-state index in [0.29, 0.717) is 30.2 Å². The molecule has 0 aromatic rings. The third-order valence-corrected chi connectivity index (χ3v) is 5.08. The second kappa shape index (κ2) is 7.41. The first-order chi connectivity index (χ1) is 9.54. The standard InChI is InChI=1S/C16H31N3O/c1-18-8-6-13(7-9-18)12-19(2)16(20)11-14-4-3-5-15(17)10-14/h13-15H,3-12,17H2,1-2H3. The number of nitrogens with two attached hydrogens (primary N) is 1. The van der Waals surface area contributed by atoms with Crippen LogP contribution in [-0.2, 0) is 4.79 Å². The van der Waals surface area contributed by atoms with E-state index in [-0.39, 0.29) is 0 Å². The third-order valence-electron chi connectivity index (χ3n) is 5.08. The molecule has 1 saturated carbocycles. The molecule has 1 saturated heterocycles. The Morgan fingerprint density at radius 3 is 2.55 bits per heavy atom. The number of piperidine rings is 1. The smallest absolute Gasteiger partial charge is 0.222 e. The molecule has 1 heterocycles. The van der Waals surface area contributed by atoms with E-state index in [1.807, 2.05) is 11.9 Å². The lowest BCUT2D eigenvalue weighted by Gasteiger charge is -2.33. The molecule has 116 valence electrons. The van der Waals surface area contributed by atoms with E-state index in [0.717, 1.165) is 19.4 Å². The first-order valence-corrected chi connectivity index (χ1v) is 8.22. The minimum atomic E-state index is 0.320. The number of nitrogens with zero attached hydrogens (tertiary/aromatic N) is 2. The molecule has 2 atom stereocenters. The fourth-order valence-corrected chi connectivity index (χ4v) is 3.65. The van der Waals surface area contributed by atoms with Gasteiger partial charge in [-0.1, -0.05) is 6.42 Å². The molecule has 20 heavy (non-hydrogen) atoms. The normalized spacial score (nSPS) is 29.4. The summed E-state index contributed by atoms with van der Waals surface area (Å²) in [5, 5.41) is 0. The van der Waals surface area contributed by atoms with Gasteiger partial charge in [0.15, 0.2) is 0 Å². The highest BCUT2D eigenvalue weighted by atomic mass is 16.2. The fraction of sp³-hybridized carbons (Fsp3) is 0.938. The summed E-state index contributed by atoms with van der Waals surface area (Å²) in [7, 11) is 4.15. The summed E-state index contributed by atoms with van der Waals surface area (Å²) >= 11 is 0. The van der Waals surface area contributed by atoms with E-state index in [4.69, 9.17) is 5.73 Å². The van der Waals surface area contributed by atoms with Gasteiger partial charge in [-0.2, -0.15) is 0 Å². The van der Waals surface area contributed by atoms with Crippen LogP contribution in [0.2, 0.25) is 0 Å². The molecule has 1 aliphatic heterocycles. The molecule has 0 bridgehead atoms. The molecular formula is C16H31N3O. The largest absolute Gasteiger partial charge is 0.345 e. The summed E-state index contributed by atoms with van der Waals surface area (Å²) in [5.41, 5.74) is 6.01. The van der Waals surface area contributed by atoms with Gasteiger partial charge in [0.25, 0.3) is 0 Å². The minimum absolute atomic E-state index is 0.320. The SMILES string of the molecule is CN1CCC(CN(C)C(=O)CC2CCCC(N)C2)CC1. The van der Waals surface area contributed by atoms with Gasteiger partial charge in [-0.25, -0.2) is 0 Å². The van der Waals surface area contributed by atoms with Crippen molar-refractivity contribution in [3.8, 4) is 0 Å². The Balaban J connectivity index is 1.71. The van der Waals surface area contributed by atoms with E-state index < -0.39 is 0 Å². The van der Waals surface area contributed by atoms with Crippen molar-refractivity contribution >= 4 is 5.91 Å². The van der Waals surface area contributed by atoms with E-state index in [1.54, 1.807) is 0 Å². The highest BCUT2D eigenvalue weighted by Gasteiger charge is 2.25. The van der Waals surface area contributed by atoms with E-state index in [2.05, 4.69) is 11.9 Å². The molecule has 0 radical (unpaired) electrons. The second-order valence-electron chi connectivity index (χ2n) is 7.02. The van der Waals surface area contributed by atoms with Gasteiger partial charge in [0.1, 0.15) is 0 Å². The average Bonchev–Trinajstić information content (AvgIpc) is 2.41. The molecule has 2 N–H and O–H groups in total. The van der Waals surface area contributed by atoms with Gasteiger partial charge in [0.05, 0.1) is 0 Å². The van der Waals surface area contributed by atoms with Crippen LogP contribution in [0, 0.1) is 11.8 Å². The predicted octanol–water partition coefficient (Wildman–Crippen LogP) is 1.69. The Kier molecular flexibility index (Phi) is 5.85. The molecule has 2 fully saturated rings. The van der Waals surface area contributed by atoms with E-state index >= 15 is 0 Å². The van der Waals surface area contributed by atoms with Crippen LogP contribution in [0.25, 0.3) is 0 Å². The number of carbonyl (C=O) groups is 1. The first-order valence-electron chi connectivity index (χ1n) is 8.22. The minimum Gasteiger partial charge on any atom is -0.345 e. The van der Waals surface area contributed by atoms with Crippen molar-refractivity contribution in [3.63, 3.8) is 0 Å². The Hall–Kier alpha value is -0.610. The molecule has 4 nitrogen and oxygen atoms in total. The number of rotatable bonds is 4. The van der Waals surface area contributed by atoms with Crippen molar-refractivity contribution in [2.24, 2.45) is 17.6 Å². The number of likely N-dealkylation sites (tertiary alicyclic amines) is 1. The zero-order valence-corrected chi connectivity index (χ0v) is 13.2. The number of amides is 1. The molecule has 0 aromatic carbocycles. The van der Waals surface area contributed by atoms with Gasteiger partial charge < -0.3 is 15.5 Å². The Morgan fingerprint density at radius 1 is 1.20 bits per heavy atom. The molecule has 2 unspecified atom stereocenters. The highest BCUT2D eigenvalue weighted by Crippen LogP contribution is 2.26. The Labute approximate surface area is 123 Å². The predicted molar refractivity (Wildman–Crippen MR) is 82.4 cm³/mol. The fourth-order valence-electron chi connectivity index (χ4n) is 3.65. The lowest BCUT2D eigenvalue weighted by atomic mass is 9.84. The van der Waals surface area contributed by atoms with Crippen LogP contribution in [0.15, 0.2) is 0 Å². The zero-order chi connectivity index (χ0) is 14.5. The molecule has 1 amide bonds. The number of carbonyl (C=O) groups excluding carboxylic acids is 1. The quantitative estimate of drug-likeness (QED) is 0.853. The zero-order valence-electron chi connectivity index (χ0n) is 13.2. The lowest BCUT2D eigenvalue weighted by Crippen LogP contribution is -2.39. The number of hydrogen-bond donors (Lipinski definition) is 1. The van der Waals surface area contributed by atoms with E-state index in [9.17, 15) is 4.79 Å². The van der Waals surface area contributed by atoms with Crippen molar-refractivity contribution < 1.29 is 4.79 Å². The summed E-state index contributed by atoms with van der Waals surface area (Å²) in [6.07, 6.45) is 7.70. The van der Waals surface area contributed by atoms with Gasteiger partial charge >= 0.3 is 0 Å². The number of hydrogen-bond acceptors (Lipinski definition) is 3. The topological polar surface area (TPSA) is 49.6 Å². The molecule has 0 spiro atoms.